The molecule has 1 heterocycles. The molecular weight excluding hydrogens is 312 g/mol. The third-order valence-corrected chi connectivity index (χ3v) is 4.27. The summed E-state index contributed by atoms with van der Waals surface area (Å²) in [5.41, 5.74) is 2.90. The number of nitrogens with zero attached hydrogens (tertiary/aromatic N) is 1. The van der Waals surface area contributed by atoms with Gasteiger partial charge in [-0.05, 0) is 69.1 Å². The van der Waals surface area contributed by atoms with E-state index in [1.807, 2.05) is 25.2 Å². The van der Waals surface area contributed by atoms with Gasteiger partial charge in [-0.2, -0.15) is 0 Å². The lowest BCUT2D eigenvalue weighted by molar-refractivity contribution is 0.390. The monoisotopic (exact) mass is 344 g/mol. The van der Waals surface area contributed by atoms with Gasteiger partial charge in [-0.15, -0.1) is 0 Å². The first-order valence-electron chi connectivity index (χ1n) is 8.70. The Kier molecular flexibility index (Phi) is 9.03. The Hall–Kier alpha value is -2.04. The molecule has 1 aliphatic heterocycles. The van der Waals surface area contributed by atoms with Gasteiger partial charge in [0.2, 0.25) is 0 Å². The molecule has 0 saturated carbocycles. The summed E-state index contributed by atoms with van der Waals surface area (Å²) in [5.74, 6) is 0.642. The van der Waals surface area contributed by atoms with Crippen LogP contribution in [0.15, 0.2) is 71.8 Å². The first-order valence-corrected chi connectivity index (χ1v) is 8.70. The molecule has 4 heteroatoms. The van der Waals surface area contributed by atoms with E-state index < -0.39 is 0 Å². The van der Waals surface area contributed by atoms with E-state index in [9.17, 15) is 10.2 Å². The van der Waals surface area contributed by atoms with E-state index in [4.69, 9.17) is 0 Å². The Labute approximate surface area is 152 Å². The van der Waals surface area contributed by atoms with Crippen LogP contribution in [0.2, 0.25) is 0 Å². The third kappa shape index (κ3) is 7.16. The molecule has 0 aliphatic carbocycles. The van der Waals surface area contributed by atoms with Crippen molar-refractivity contribution in [2.75, 3.05) is 33.2 Å². The van der Waals surface area contributed by atoms with Crippen LogP contribution in [0, 0.1) is 5.92 Å². The standard InChI is InChI=1S/C21H32N2O2/c1-6-7-8-20(18(4)25)21(11-16(2)15-24)17(3)12-22-13-19-9-10-23(5)14-19/h6-8,11,15,19,22,24-25H,3-4,9-10,12-14H2,1-2,5H3/b7-6-,16-15+,20-8+,21-11+. The Balaban J connectivity index is 2.86. The molecule has 1 fully saturated rings. The minimum Gasteiger partial charge on any atom is -0.515 e. The molecule has 1 aliphatic rings. The second-order valence-corrected chi connectivity index (χ2v) is 6.64. The van der Waals surface area contributed by atoms with Gasteiger partial charge in [-0.1, -0.05) is 31.4 Å². The van der Waals surface area contributed by atoms with Crippen LogP contribution >= 0.6 is 0 Å². The van der Waals surface area contributed by atoms with E-state index in [0.717, 1.165) is 37.0 Å². The summed E-state index contributed by atoms with van der Waals surface area (Å²) >= 11 is 0. The van der Waals surface area contributed by atoms with Crippen molar-refractivity contribution < 1.29 is 10.2 Å². The molecule has 0 aromatic heterocycles. The second-order valence-electron chi connectivity index (χ2n) is 6.64. The molecular formula is C21H32N2O2. The number of rotatable bonds is 9. The fraction of sp³-hybridized carbons (Fsp3) is 0.429. The highest BCUT2D eigenvalue weighted by Crippen LogP contribution is 2.25. The van der Waals surface area contributed by atoms with Crippen LogP contribution in [0.3, 0.4) is 0 Å². The largest absolute Gasteiger partial charge is 0.515 e. The molecule has 0 amide bonds. The molecule has 1 atom stereocenters. The topological polar surface area (TPSA) is 55.7 Å². The van der Waals surface area contributed by atoms with E-state index in [-0.39, 0.29) is 5.76 Å². The van der Waals surface area contributed by atoms with Crippen LogP contribution in [0.5, 0.6) is 0 Å². The Morgan fingerprint density at radius 1 is 1.32 bits per heavy atom. The van der Waals surface area contributed by atoms with Gasteiger partial charge in [0.15, 0.2) is 0 Å². The summed E-state index contributed by atoms with van der Waals surface area (Å²) in [7, 11) is 2.15. The number of allylic oxidation sites excluding steroid dienone is 6. The zero-order valence-electron chi connectivity index (χ0n) is 15.8. The molecule has 0 aromatic carbocycles. The number of likely N-dealkylation sites (tertiary alicyclic amines) is 1. The predicted molar refractivity (Wildman–Crippen MR) is 107 cm³/mol. The van der Waals surface area contributed by atoms with E-state index in [1.54, 1.807) is 13.0 Å². The molecule has 138 valence electrons. The fourth-order valence-electron chi connectivity index (χ4n) is 2.88. The number of hydrogen-bond donors (Lipinski definition) is 3. The van der Waals surface area contributed by atoms with Crippen molar-refractivity contribution in [1.82, 2.24) is 10.2 Å². The SMILES string of the molecule is C=C(O)C(=C\C=C/C)/C(=C/C(C)=C/O)C(=C)CNCC1CCN(C)C1. The van der Waals surface area contributed by atoms with Gasteiger partial charge in [-0.3, -0.25) is 0 Å². The average molecular weight is 344 g/mol. The van der Waals surface area contributed by atoms with Crippen molar-refractivity contribution in [3.63, 3.8) is 0 Å². The maximum Gasteiger partial charge on any atom is 0.116 e. The Morgan fingerprint density at radius 2 is 2.04 bits per heavy atom. The highest BCUT2D eigenvalue weighted by molar-refractivity contribution is 5.56. The number of aliphatic hydroxyl groups is 2. The summed E-state index contributed by atoms with van der Waals surface area (Å²) in [4.78, 5) is 2.34. The molecule has 1 saturated heterocycles. The molecule has 3 N–H and O–H groups in total. The van der Waals surface area contributed by atoms with Gasteiger partial charge < -0.3 is 20.4 Å². The van der Waals surface area contributed by atoms with Crippen LogP contribution in [0.1, 0.15) is 20.3 Å². The van der Waals surface area contributed by atoms with Crippen LogP contribution in [0.4, 0.5) is 0 Å². The lowest BCUT2D eigenvalue weighted by Gasteiger charge is -2.17. The van der Waals surface area contributed by atoms with Crippen molar-refractivity contribution in [2.45, 2.75) is 20.3 Å². The lowest BCUT2D eigenvalue weighted by atomic mass is 9.95. The highest BCUT2D eigenvalue weighted by Gasteiger charge is 2.19. The summed E-state index contributed by atoms with van der Waals surface area (Å²) in [6, 6.07) is 0. The smallest absolute Gasteiger partial charge is 0.116 e. The normalized spacial score (nSPS) is 20.4. The molecule has 0 radical (unpaired) electrons. The number of aliphatic hydroxyl groups excluding tert-OH is 2. The van der Waals surface area contributed by atoms with Gasteiger partial charge in [0.05, 0.1) is 6.26 Å². The maximum absolute atomic E-state index is 9.98. The molecule has 0 bridgehead atoms. The molecule has 1 unspecified atom stereocenters. The first kappa shape index (κ1) is 21.0. The van der Waals surface area contributed by atoms with Crippen molar-refractivity contribution in [3.8, 4) is 0 Å². The van der Waals surface area contributed by atoms with Crippen molar-refractivity contribution in [3.05, 3.63) is 71.8 Å². The van der Waals surface area contributed by atoms with E-state index in [1.165, 1.54) is 6.42 Å². The minimum atomic E-state index is -0.0198. The number of hydrogen-bond acceptors (Lipinski definition) is 4. The summed E-state index contributed by atoms with van der Waals surface area (Å²) in [6.45, 7) is 15.4. The number of nitrogens with one attached hydrogen (secondary N) is 1. The highest BCUT2D eigenvalue weighted by atomic mass is 16.3. The van der Waals surface area contributed by atoms with Gasteiger partial charge in [0.25, 0.3) is 0 Å². The zero-order chi connectivity index (χ0) is 18.8. The molecule has 25 heavy (non-hydrogen) atoms. The van der Waals surface area contributed by atoms with Crippen molar-refractivity contribution in [1.29, 1.82) is 0 Å². The molecule has 4 nitrogen and oxygen atoms in total. The van der Waals surface area contributed by atoms with Gasteiger partial charge in [0, 0.05) is 18.7 Å². The molecule has 0 aromatic rings. The summed E-state index contributed by atoms with van der Waals surface area (Å²) in [6.07, 6.45) is 9.60. The Bertz CT molecular complexity index is 597. The minimum absolute atomic E-state index is 0.0198. The molecule has 0 spiro atoms. The van der Waals surface area contributed by atoms with Crippen LogP contribution in [-0.4, -0.2) is 48.3 Å². The van der Waals surface area contributed by atoms with E-state index in [0.29, 0.717) is 23.6 Å². The fourth-order valence-corrected chi connectivity index (χ4v) is 2.88. The van der Waals surface area contributed by atoms with Crippen LogP contribution in [0.25, 0.3) is 0 Å². The van der Waals surface area contributed by atoms with Crippen LogP contribution < -0.4 is 5.32 Å². The summed E-state index contributed by atoms with van der Waals surface area (Å²) in [5, 5.41) is 22.7. The quantitative estimate of drug-likeness (QED) is 0.436. The van der Waals surface area contributed by atoms with Gasteiger partial charge >= 0.3 is 0 Å². The first-order chi connectivity index (χ1) is 11.9. The predicted octanol–water partition coefficient (Wildman–Crippen LogP) is 4.05. The van der Waals surface area contributed by atoms with E-state index >= 15 is 0 Å². The third-order valence-electron chi connectivity index (χ3n) is 4.27. The zero-order valence-corrected chi connectivity index (χ0v) is 15.8. The molecule has 1 rings (SSSR count). The van der Waals surface area contributed by atoms with Crippen molar-refractivity contribution >= 4 is 0 Å². The van der Waals surface area contributed by atoms with E-state index in [2.05, 4.69) is 30.4 Å². The second kappa shape index (κ2) is 10.7. The Morgan fingerprint density at radius 3 is 2.56 bits per heavy atom. The van der Waals surface area contributed by atoms with Gasteiger partial charge in [-0.25, -0.2) is 0 Å². The van der Waals surface area contributed by atoms with Crippen LogP contribution in [-0.2, 0) is 0 Å². The van der Waals surface area contributed by atoms with Crippen molar-refractivity contribution in [2.24, 2.45) is 5.92 Å². The summed E-state index contributed by atoms with van der Waals surface area (Å²) < 4.78 is 0. The van der Waals surface area contributed by atoms with Gasteiger partial charge in [0.1, 0.15) is 5.76 Å². The lowest BCUT2D eigenvalue weighted by Crippen LogP contribution is -2.27. The maximum atomic E-state index is 9.98. The average Bonchev–Trinajstić information content (AvgIpc) is 2.98.